The molecule has 2 aromatic rings. The van der Waals surface area contributed by atoms with E-state index in [0.29, 0.717) is 0 Å². The van der Waals surface area contributed by atoms with Crippen molar-refractivity contribution < 1.29 is 4.74 Å². The fourth-order valence-corrected chi connectivity index (χ4v) is 2.08. The molecule has 1 atom stereocenters. The van der Waals surface area contributed by atoms with Crippen LogP contribution >= 0.6 is 0 Å². The summed E-state index contributed by atoms with van der Waals surface area (Å²) in [5.41, 5.74) is 4.95. The van der Waals surface area contributed by atoms with E-state index in [1.165, 1.54) is 0 Å². The van der Waals surface area contributed by atoms with E-state index in [2.05, 4.69) is 10.4 Å². The number of ether oxygens (including phenoxy) is 1. The molecule has 1 aromatic heterocycles. The predicted molar refractivity (Wildman–Crippen MR) is 80.2 cm³/mol. The van der Waals surface area contributed by atoms with Crippen LogP contribution in [0.3, 0.4) is 0 Å². The number of nitrogens with two attached hydrogens (primary N) is 1. The number of benzene rings is 1. The van der Waals surface area contributed by atoms with Crippen molar-refractivity contribution in [2.45, 2.75) is 32.4 Å². The number of nitrogens with one attached hydrogen (secondary N) is 1. The molecule has 4 heteroatoms. The largest absolute Gasteiger partial charge is 0.491 e. The van der Waals surface area contributed by atoms with Gasteiger partial charge < -0.3 is 4.74 Å². The van der Waals surface area contributed by atoms with Crippen LogP contribution in [-0.2, 0) is 6.42 Å². The van der Waals surface area contributed by atoms with Gasteiger partial charge in [-0.05, 0) is 43.7 Å². The second-order valence-corrected chi connectivity index (χ2v) is 4.98. The first kappa shape index (κ1) is 14.5. The van der Waals surface area contributed by atoms with Crippen LogP contribution in [0.25, 0.3) is 0 Å². The summed E-state index contributed by atoms with van der Waals surface area (Å²) in [4.78, 5) is 4.34. The summed E-state index contributed by atoms with van der Waals surface area (Å²) in [6, 6.07) is 13.9. The molecule has 0 saturated heterocycles. The molecule has 0 aliphatic heterocycles. The molecule has 0 bridgehead atoms. The van der Waals surface area contributed by atoms with Gasteiger partial charge in [0.25, 0.3) is 0 Å². The van der Waals surface area contributed by atoms with Gasteiger partial charge in [0.1, 0.15) is 5.75 Å². The maximum atomic E-state index is 5.72. The Labute approximate surface area is 120 Å². The van der Waals surface area contributed by atoms with Crippen LogP contribution in [0.1, 0.15) is 31.1 Å². The topological polar surface area (TPSA) is 60.2 Å². The minimum Gasteiger partial charge on any atom is -0.491 e. The molecule has 1 unspecified atom stereocenters. The van der Waals surface area contributed by atoms with Crippen LogP contribution in [0.2, 0.25) is 0 Å². The first-order chi connectivity index (χ1) is 9.69. The van der Waals surface area contributed by atoms with E-state index in [1.54, 1.807) is 6.20 Å². The van der Waals surface area contributed by atoms with Crippen molar-refractivity contribution in [1.82, 2.24) is 10.4 Å². The minimum atomic E-state index is 0.0145. The van der Waals surface area contributed by atoms with Gasteiger partial charge in [-0.15, -0.1) is 0 Å². The highest BCUT2D eigenvalue weighted by Gasteiger charge is 2.12. The van der Waals surface area contributed by atoms with E-state index in [0.717, 1.165) is 23.4 Å². The monoisotopic (exact) mass is 271 g/mol. The number of hydrazine groups is 1. The summed E-state index contributed by atoms with van der Waals surface area (Å²) >= 11 is 0. The summed E-state index contributed by atoms with van der Waals surface area (Å²) in [7, 11) is 0. The zero-order valence-electron chi connectivity index (χ0n) is 11.9. The van der Waals surface area contributed by atoms with E-state index in [9.17, 15) is 0 Å². The normalized spacial score (nSPS) is 12.4. The molecule has 106 valence electrons. The molecule has 4 nitrogen and oxygen atoms in total. The van der Waals surface area contributed by atoms with Gasteiger partial charge in [0, 0.05) is 18.3 Å². The zero-order valence-corrected chi connectivity index (χ0v) is 11.9. The highest BCUT2D eigenvalue weighted by atomic mass is 16.5. The molecule has 0 fully saturated rings. The number of nitrogens with zero attached hydrogens (tertiary/aromatic N) is 1. The van der Waals surface area contributed by atoms with Crippen molar-refractivity contribution in [2.24, 2.45) is 5.84 Å². The molecule has 0 spiro atoms. The van der Waals surface area contributed by atoms with E-state index in [-0.39, 0.29) is 12.1 Å². The SMILES string of the molecule is CC(C)Oc1cccc(C(Cc2ccccn2)NN)c1. The zero-order chi connectivity index (χ0) is 14.4. The minimum absolute atomic E-state index is 0.0145. The summed E-state index contributed by atoms with van der Waals surface area (Å²) in [6.45, 7) is 4.03. The van der Waals surface area contributed by atoms with Gasteiger partial charge in [0.15, 0.2) is 0 Å². The quantitative estimate of drug-likeness (QED) is 0.626. The van der Waals surface area contributed by atoms with E-state index < -0.39 is 0 Å². The molecule has 0 saturated carbocycles. The number of hydrogen-bond donors (Lipinski definition) is 2. The van der Waals surface area contributed by atoms with Crippen molar-refractivity contribution >= 4 is 0 Å². The van der Waals surface area contributed by atoms with E-state index in [1.807, 2.05) is 56.3 Å². The van der Waals surface area contributed by atoms with Crippen LogP contribution in [0, 0.1) is 0 Å². The summed E-state index contributed by atoms with van der Waals surface area (Å²) in [6.07, 6.45) is 2.69. The smallest absolute Gasteiger partial charge is 0.120 e. The molecule has 20 heavy (non-hydrogen) atoms. The first-order valence-electron chi connectivity index (χ1n) is 6.81. The lowest BCUT2D eigenvalue weighted by Crippen LogP contribution is -2.29. The van der Waals surface area contributed by atoms with E-state index >= 15 is 0 Å². The highest BCUT2D eigenvalue weighted by Crippen LogP contribution is 2.22. The summed E-state index contributed by atoms with van der Waals surface area (Å²) in [5.74, 6) is 6.55. The van der Waals surface area contributed by atoms with Crippen molar-refractivity contribution in [3.63, 3.8) is 0 Å². The Morgan fingerprint density at radius 2 is 2.05 bits per heavy atom. The summed E-state index contributed by atoms with van der Waals surface area (Å²) in [5, 5.41) is 0. The van der Waals surface area contributed by atoms with Crippen LogP contribution in [0.15, 0.2) is 48.7 Å². The first-order valence-corrected chi connectivity index (χ1v) is 6.81. The molecule has 0 aliphatic carbocycles. The molecule has 3 N–H and O–H groups in total. The second-order valence-electron chi connectivity index (χ2n) is 4.98. The van der Waals surface area contributed by atoms with Crippen molar-refractivity contribution in [3.05, 3.63) is 59.9 Å². The van der Waals surface area contributed by atoms with Crippen LogP contribution in [-0.4, -0.2) is 11.1 Å². The maximum absolute atomic E-state index is 5.72. The van der Waals surface area contributed by atoms with Gasteiger partial charge in [0.2, 0.25) is 0 Å². The molecule has 1 heterocycles. The fraction of sp³-hybridized carbons (Fsp3) is 0.312. The van der Waals surface area contributed by atoms with E-state index in [4.69, 9.17) is 10.6 Å². The average Bonchev–Trinajstić information content (AvgIpc) is 2.45. The highest BCUT2D eigenvalue weighted by molar-refractivity contribution is 5.31. The van der Waals surface area contributed by atoms with Gasteiger partial charge >= 0.3 is 0 Å². The van der Waals surface area contributed by atoms with Crippen LogP contribution in [0.4, 0.5) is 0 Å². The molecule has 0 radical (unpaired) electrons. The maximum Gasteiger partial charge on any atom is 0.120 e. The van der Waals surface area contributed by atoms with Gasteiger partial charge in [0.05, 0.1) is 12.1 Å². The third-order valence-electron chi connectivity index (χ3n) is 2.97. The Bertz CT molecular complexity index is 528. The third-order valence-corrected chi connectivity index (χ3v) is 2.97. The van der Waals surface area contributed by atoms with Crippen LogP contribution < -0.4 is 16.0 Å². The van der Waals surface area contributed by atoms with Crippen molar-refractivity contribution in [1.29, 1.82) is 0 Å². The summed E-state index contributed by atoms with van der Waals surface area (Å²) < 4.78 is 5.72. The molecule has 2 rings (SSSR count). The number of pyridine rings is 1. The average molecular weight is 271 g/mol. The molecular weight excluding hydrogens is 250 g/mol. The molecule has 0 aliphatic rings. The van der Waals surface area contributed by atoms with Crippen LogP contribution in [0.5, 0.6) is 5.75 Å². The number of hydrogen-bond acceptors (Lipinski definition) is 4. The lowest BCUT2D eigenvalue weighted by molar-refractivity contribution is 0.242. The Morgan fingerprint density at radius 1 is 1.20 bits per heavy atom. The Kier molecular flexibility index (Phi) is 5.09. The molecule has 0 amide bonds. The predicted octanol–water partition coefficient (Wildman–Crippen LogP) is 2.62. The van der Waals surface area contributed by atoms with Gasteiger partial charge in [-0.3, -0.25) is 16.3 Å². The molecular formula is C16H21N3O. The van der Waals surface area contributed by atoms with Gasteiger partial charge in [-0.1, -0.05) is 18.2 Å². The Balaban J connectivity index is 2.15. The van der Waals surface area contributed by atoms with Gasteiger partial charge in [-0.2, -0.15) is 0 Å². The second kappa shape index (κ2) is 7.03. The lowest BCUT2D eigenvalue weighted by Gasteiger charge is -2.18. The standard InChI is InChI=1S/C16H21N3O/c1-12(2)20-15-8-5-6-13(10-15)16(19-17)11-14-7-3-4-9-18-14/h3-10,12,16,19H,11,17H2,1-2H3. The fourth-order valence-electron chi connectivity index (χ4n) is 2.08. The third kappa shape index (κ3) is 4.05. The number of rotatable bonds is 6. The Hall–Kier alpha value is -1.91. The Morgan fingerprint density at radius 3 is 2.70 bits per heavy atom. The number of aromatic nitrogens is 1. The van der Waals surface area contributed by atoms with Crippen molar-refractivity contribution in [2.75, 3.05) is 0 Å². The lowest BCUT2D eigenvalue weighted by atomic mass is 10.0. The van der Waals surface area contributed by atoms with Crippen molar-refractivity contribution in [3.8, 4) is 5.75 Å². The molecule has 1 aromatic carbocycles. The van der Waals surface area contributed by atoms with Gasteiger partial charge in [-0.25, -0.2) is 0 Å².